The predicted octanol–water partition coefficient (Wildman–Crippen LogP) is 3.98. The average molecular weight is 343 g/mol. The van der Waals surface area contributed by atoms with Crippen LogP contribution in [0.15, 0.2) is 28.8 Å². The van der Waals surface area contributed by atoms with Gasteiger partial charge in [0.25, 0.3) is 5.91 Å². The standard InChI is InChI=1S/C14H12F3N3O4/c1-7(2)12-11(20(22)23)10(19-24-12)13(21)18-9-6-4-3-5-8(9)14(15,16)17/h3-7H,1-2H3,(H,18,21). The number of carbonyl (C=O) groups is 1. The number of alkyl halides is 3. The Hall–Kier alpha value is -2.91. The smallest absolute Gasteiger partial charge is 0.353 e. The quantitative estimate of drug-likeness (QED) is 0.669. The summed E-state index contributed by atoms with van der Waals surface area (Å²) >= 11 is 0. The monoisotopic (exact) mass is 343 g/mol. The first-order chi connectivity index (χ1) is 11.1. The summed E-state index contributed by atoms with van der Waals surface area (Å²) in [6.45, 7) is 3.18. The zero-order chi connectivity index (χ0) is 18.1. The van der Waals surface area contributed by atoms with Crippen molar-refractivity contribution in [2.24, 2.45) is 0 Å². The molecule has 0 fully saturated rings. The summed E-state index contributed by atoms with van der Waals surface area (Å²) in [5, 5.41) is 16.5. The number of hydrogen-bond acceptors (Lipinski definition) is 5. The summed E-state index contributed by atoms with van der Waals surface area (Å²) in [5.41, 5.74) is -2.94. The fourth-order valence-electron chi connectivity index (χ4n) is 2.02. The van der Waals surface area contributed by atoms with Crippen LogP contribution in [0.2, 0.25) is 0 Å². The SMILES string of the molecule is CC(C)c1onc(C(=O)Nc2ccccc2C(F)(F)F)c1[N+](=O)[O-]. The first kappa shape index (κ1) is 17.4. The van der Waals surface area contributed by atoms with Crippen LogP contribution in [0.4, 0.5) is 24.5 Å². The van der Waals surface area contributed by atoms with Crippen LogP contribution in [-0.4, -0.2) is 16.0 Å². The van der Waals surface area contributed by atoms with Crippen LogP contribution in [0.25, 0.3) is 0 Å². The normalized spacial score (nSPS) is 11.6. The molecule has 2 aromatic rings. The molecule has 0 aliphatic carbocycles. The Bertz CT molecular complexity index is 784. The second kappa shape index (κ2) is 6.30. The van der Waals surface area contributed by atoms with Gasteiger partial charge in [-0.05, 0) is 12.1 Å². The van der Waals surface area contributed by atoms with Gasteiger partial charge in [0.15, 0.2) is 0 Å². The molecule has 128 valence electrons. The number of benzene rings is 1. The Morgan fingerprint density at radius 2 is 1.96 bits per heavy atom. The zero-order valence-corrected chi connectivity index (χ0v) is 12.5. The molecule has 0 radical (unpaired) electrons. The summed E-state index contributed by atoms with van der Waals surface area (Å²) in [6.07, 6.45) is -4.69. The Morgan fingerprint density at radius 3 is 2.50 bits per heavy atom. The van der Waals surface area contributed by atoms with Gasteiger partial charge in [0.05, 0.1) is 16.2 Å². The minimum absolute atomic E-state index is 0.130. The highest BCUT2D eigenvalue weighted by atomic mass is 19.4. The Kier molecular flexibility index (Phi) is 4.58. The molecule has 1 aromatic carbocycles. The van der Waals surface area contributed by atoms with Crippen molar-refractivity contribution in [1.29, 1.82) is 0 Å². The molecular formula is C14H12F3N3O4. The number of para-hydroxylation sites is 1. The lowest BCUT2D eigenvalue weighted by atomic mass is 10.1. The largest absolute Gasteiger partial charge is 0.418 e. The molecule has 7 nitrogen and oxygen atoms in total. The summed E-state index contributed by atoms with van der Waals surface area (Å²) in [5.74, 6) is -1.72. The number of nitrogens with zero attached hydrogens (tertiary/aromatic N) is 2. The van der Waals surface area contributed by atoms with Crippen LogP contribution in [0.1, 0.15) is 41.6 Å². The number of anilines is 1. The number of amides is 1. The van der Waals surface area contributed by atoms with E-state index >= 15 is 0 Å². The van der Waals surface area contributed by atoms with Crippen LogP contribution in [0, 0.1) is 10.1 Å². The molecule has 24 heavy (non-hydrogen) atoms. The fraction of sp³-hybridized carbons (Fsp3) is 0.286. The number of nitro groups is 1. The molecule has 2 rings (SSSR count). The van der Waals surface area contributed by atoms with E-state index in [1.54, 1.807) is 13.8 Å². The molecule has 0 saturated carbocycles. The number of halogens is 3. The molecule has 0 unspecified atom stereocenters. The van der Waals surface area contributed by atoms with E-state index in [4.69, 9.17) is 4.52 Å². The minimum atomic E-state index is -4.69. The number of hydrogen-bond donors (Lipinski definition) is 1. The van der Waals surface area contributed by atoms with Crippen molar-refractivity contribution in [1.82, 2.24) is 5.16 Å². The van der Waals surface area contributed by atoms with Crippen molar-refractivity contribution in [2.45, 2.75) is 25.9 Å². The Labute approximate surface area is 133 Å². The van der Waals surface area contributed by atoms with Gasteiger partial charge in [0.1, 0.15) is 0 Å². The van der Waals surface area contributed by atoms with Gasteiger partial charge in [-0.3, -0.25) is 14.9 Å². The van der Waals surface area contributed by atoms with Gasteiger partial charge < -0.3 is 9.84 Å². The van der Waals surface area contributed by atoms with Crippen LogP contribution in [-0.2, 0) is 6.18 Å². The highest BCUT2D eigenvalue weighted by Crippen LogP contribution is 2.35. The summed E-state index contributed by atoms with van der Waals surface area (Å²) in [4.78, 5) is 22.4. The third-order valence-corrected chi connectivity index (χ3v) is 3.10. The van der Waals surface area contributed by atoms with E-state index in [2.05, 4.69) is 5.16 Å². The number of aromatic nitrogens is 1. The zero-order valence-electron chi connectivity index (χ0n) is 12.5. The molecule has 1 amide bonds. The molecule has 1 aromatic heterocycles. The topological polar surface area (TPSA) is 98.3 Å². The molecule has 10 heteroatoms. The van der Waals surface area contributed by atoms with Gasteiger partial charge in [-0.1, -0.05) is 31.1 Å². The van der Waals surface area contributed by atoms with Crippen molar-refractivity contribution < 1.29 is 27.4 Å². The molecule has 0 atom stereocenters. The molecule has 1 N–H and O–H groups in total. The third kappa shape index (κ3) is 3.36. The van der Waals surface area contributed by atoms with E-state index in [9.17, 15) is 28.1 Å². The number of carbonyl (C=O) groups excluding carboxylic acids is 1. The van der Waals surface area contributed by atoms with Crippen molar-refractivity contribution in [3.63, 3.8) is 0 Å². The minimum Gasteiger partial charge on any atom is -0.353 e. The highest BCUT2D eigenvalue weighted by Gasteiger charge is 2.36. The van der Waals surface area contributed by atoms with Crippen molar-refractivity contribution in [3.05, 3.63) is 51.4 Å². The number of nitrogens with one attached hydrogen (secondary N) is 1. The van der Waals surface area contributed by atoms with E-state index in [1.165, 1.54) is 6.07 Å². The van der Waals surface area contributed by atoms with E-state index in [0.29, 0.717) is 0 Å². The van der Waals surface area contributed by atoms with Crippen LogP contribution in [0.3, 0.4) is 0 Å². The van der Waals surface area contributed by atoms with Crippen LogP contribution >= 0.6 is 0 Å². The maximum atomic E-state index is 12.9. The first-order valence-electron chi connectivity index (χ1n) is 6.74. The lowest BCUT2D eigenvalue weighted by molar-refractivity contribution is -0.386. The molecular weight excluding hydrogens is 331 g/mol. The summed E-state index contributed by atoms with van der Waals surface area (Å²) in [7, 11) is 0. The average Bonchev–Trinajstić information content (AvgIpc) is 2.92. The van der Waals surface area contributed by atoms with Gasteiger partial charge in [-0.15, -0.1) is 0 Å². The second-order valence-electron chi connectivity index (χ2n) is 5.15. The maximum absolute atomic E-state index is 12.9. The summed E-state index contributed by atoms with van der Waals surface area (Å²) < 4.78 is 43.6. The molecule has 1 heterocycles. The highest BCUT2D eigenvalue weighted by molar-refractivity contribution is 6.06. The van der Waals surface area contributed by atoms with Gasteiger partial charge >= 0.3 is 11.9 Å². The van der Waals surface area contributed by atoms with Crippen molar-refractivity contribution in [2.75, 3.05) is 5.32 Å². The van der Waals surface area contributed by atoms with Crippen molar-refractivity contribution >= 4 is 17.3 Å². The molecule has 0 spiro atoms. The lowest BCUT2D eigenvalue weighted by Gasteiger charge is -2.12. The molecule has 0 aliphatic rings. The van der Waals surface area contributed by atoms with Crippen molar-refractivity contribution in [3.8, 4) is 0 Å². The van der Waals surface area contributed by atoms with Gasteiger partial charge in [0.2, 0.25) is 11.5 Å². The van der Waals surface area contributed by atoms with E-state index in [0.717, 1.165) is 18.2 Å². The predicted molar refractivity (Wildman–Crippen MR) is 76.6 cm³/mol. The fourth-order valence-corrected chi connectivity index (χ4v) is 2.02. The first-order valence-corrected chi connectivity index (χ1v) is 6.74. The third-order valence-electron chi connectivity index (χ3n) is 3.10. The van der Waals surface area contributed by atoms with Gasteiger partial charge in [0, 0.05) is 5.92 Å². The van der Waals surface area contributed by atoms with Crippen LogP contribution in [0.5, 0.6) is 0 Å². The molecule has 0 bridgehead atoms. The lowest BCUT2D eigenvalue weighted by Crippen LogP contribution is -2.18. The van der Waals surface area contributed by atoms with Crippen LogP contribution < -0.4 is 5.32 Å². The number of rotatable bonds is 4. The second-order valence-corrected chi connectivity index (χ2v) is 5.15. The maximum Gasteiger partial charge on any atom is 0.418 e. The van der Waals surface area contributed by atoms with Gasteiger partial charge in [-0.25, -0.2) is 0 Å². The Morgan fingerprint density at radius 1 is 1.33 bits per heavy atom. The molecule has 0 saturated heterocycles. The van der Waals surface area contributed by atoms with E-state index < -0.39 is 45.6 Å². The van der Waals surface area contributed by atoms with E-state index in [-0.39, 0.29) is 5.76 Å². The molecule has 0 aliphatic heterocycles. The van der Waals surface area contributed by atoms with Gasteiger partial charge in [-0.2, -0.15) is 13.2 Å². The summed E-state index contributed by atoms with van der Waals surface area (Å²) in [6, 6.07) is 4.28. The van der Waals surface area contributed by atoms with E-state index in [1.807, 2.05) is 5.32 Å². The Balaban J connectivity index is 2.41.